The molecule has 0 spiro atoms. The van der Waals surface area contributed by atoms with Gasteiger partial charge in [0.2, 0.25) is 0 Å². The van der Waals surface area contributed by atoms with Crippen molar-refractivity contribution in [2.24, 2.45) is 0 Å². The normalized spacial score (nSPS) is 10.9. The molecule has 0 aliphatic carbocycles. The Labute approximate surface area is 175 Å². The molecular formula is C22H27NO5S. The second-order valence-corrected chi connectivity index (χ2v) is 8.44. The van der Waals surface area contributed by atoms with Gasteiger partial charge in [-0.15, -0.1) is 11.3 Å². The van der Waals surface area contributed by atoms with Crippen molar-refractivity contribution < 1.29 is 23.9 Å². The van der Waals surface area contributed by atoms with E-state index in [0.29, 0.717) is 11.1 Å². The van der Waals surface area contributed by atoms with Gasteiger partial charge in [0.15, 0.2) is 0 Å². The van der Waals surface area contributed by atoms with Crippen LogP contribution >= 0.6 is 11.3 Å². The van der Waals surface area contributed by atoms with Gasteiger partial charge in [0.05, 0.1) is 17.8 Å². The van der Waals surface area contributed by atoms with Gasteiger partial charge in [0, 0.05) is 5.56 Å². The molecule has 0 radical (unpaired) electrons. The number of nitrogens with one attached hydrogen (secondary N) is 1. The summed E-state index contributed by atoms with van der Waals surface area (Å²) >= 11 is 1.01. The van der Waals surface area contributed by atoms with Crippen molar-refractivity contribution >= 4 is 34.2 Å². The molecule has 6 nitrogen and oxygen atoms in total. The highest BCUT2D eigenvalue weighted by Gasteiger charge is 2.28. The van der Waals surface area contributed by atoms with Gasteiger partial charge in [-0.25, -0.2) is 9.59 Å². The SMILES string of the molecule is Cc1ccc(C(=O)Nc2sc(C(=O)OC(C)C)c(C)c2C(=O)OC(C)C)cc1C. The summed E-state index contributed by atoms with van der Waals surface area (Å²) in [6, 6.07) is 5.37. The van der Waals surface area contributed by atoms with E-state index in [1.54, 1.807) is 46.8 Å². The van der Waals surface area contributed by atoms with Crippen molar-refractivity contribution in [3.63, 3.8) is 0 Å². The Kier molecular flexibility index (Phi) is 7.19. The van der Waals surface area contributed by atoms with Crippen LogP contribution in [0, 0.1) is 20.8 Å². The average molecular weight is 418 g/mol. The van der Waals surface area contributed by atoms with Crippen LogP contribution in [0.15, 0.2) is 18.2 Å². The summed E-state index contributed by atoms with van der Waals surface area (Å²) in [5, 5.41) is 3.04. The van der Waals surface area contributed by atoms with Crippen molar-refractivity contribution in [3.05, 3.63) is 50.9 Å². The van der Waals surface area contributed by atoms with Crippen molar-refractivity contribution in [2.75, 3.05) is 5.32 Å². The number of aryl methyl sites for hydroxylation is 2. The van der Waals surface area contributed by atoms with E-state index in [1.165, 1.54) is 0 Å². The first kappa shape index (κ1) is 22.6. The third-order valence-electron chi connectivity index (χ3n) is 4.22. The summed E-state index contributed by atoms with van der Waals surface area (Å²) in [7, 11) is 0. The van der Waals surface area contributed by atoms with Gasteiger partial charge in [-0.1, -0.05) is 6.07 Å². The quantitative estimate of drug-likeness (QED) is 0.665. The zero-order valence-corrected chi connectivity index (χ0v) is 18.7. The number of benzene rings is 1. The van der Waals surface area contributed by atoms with Crippen LogP contribution in [0.4, 0.5) is 5.00 Å². The van der Waals surface area contributed by atoms with Crippen molar-refractivity contribution in [1.82, 2.24) is 0 Å². The predicted octanol–water partition coefficient (Wildman–Crippen LogP) is 5.06. The van der Waals surface area contributed by atoms with E-state index in [0.717, 1.165) is 22.5 Å². The summed E-state index contributed by atoms with van der Waals surface area (Å²) in [6.07, 6.45) is -0.639. The number of carbonyl (C=O) groups excluding carboxylic acids is 3. The molecule has 1 N–H and O–H groups in total. The number of carbonyl (C=O) groups is 3. The molecular weight excluding hydrogens is 390 g/mol. The minimum absolute atomic E-state index is 0.177. The number of esters is 2. The first-order chi connectivity index (χ1) is 13.5. The van der Waals surface area contributed by atoms with E-state index < -0.39 is 11.9 Å². The fourth-order valence-corrected chi connectivity index (χ4v) is 3.71. The minimum Gasteiger partial charge on any atom is -0.459 e. The molecule has 156 valence electrons. The van der Waals surface area contributed by atoms with E-state index in [-0.39, 0.29) is 33.6 Å². The largest absolute Gasteiger partial charge is 0.459 e. The van der Waals surface area contributed by atoms with Gasteiger partial charge >= 0.3 is 11.9 Å². The summed E-state index contributed by atoms with van der Waals surface area (Å²) in [5.41, 5.74) is 3.14. The van der Waals surface area contributed by atoms with E-state index in [9.17, 15) is 14.4 Å². The van der Waals surface area contributed by atoms with E-state index in [2.05, 4.69) is 5.32 Å². The van der Waals surface area contributed by atoms with Gasteiger partial charge < -0.3 is 14.8 Å². The molecule has 1 heterocycles. The lowest BCUT2D eigenvalue weighted by Crippen LogP contribution is -2.17. The molecule has 1 aromatic heterocycles. The highest BCUT2D eigenvalue weighted by molar-refractivity contribution is 7.18. The molecule has 2 rings (SSSR count). The summed E-state index contributed by atoms with van der Waals surface area (Å²) in [5.74, 6) is -1.49. The monoisotopic (exact) mass is 417 g/mol. The van der Waals surface area contributed by atoms with Crippen LogP contribution in [0.25, 0.3) is 0 Å². The Bertz CT molecular complexity index is 943. The molecule has 0 aliphatic rings. The Hall–Kier alpha value is -2.67. The maximum Gasteiger partial charge on any atom is 0.348 e. The zero-order chi connectivity index (χ0) is 21.9. The van der Waals surface area contributed by atoms with Gasteiger partial charge in [0.25, 0.3) is 5.91 Å². The molecule has 0 saturated heterocycles. The lowest BCUT2D eigenvalue weighted by atomic mass is 10.1. The van der Waals surface area contributed by atoms with E-state index >= 15 is 0 Å². The summed E-state index contributed by atoms with van der Waals surface area (Å²) < 4.78 is 10.6. The average Bonchev–Trinajstić information content (AvgIpc) is 2.92. The van der Waals surface area contributed by atoms with Crippen molar-refractivity contribution in [3.8, 4) is 0 Å². The highest BCUT2D eigenvalue weighted by Crippen LogP contribution is 2.35. The molecule has 0 unspecified atom stereocenters. The van der Waals surface area contributed by atoms with Crippen LogP contribution in [0.1, 0.15) is 74.8 Å². The predicted molar refractivity (Wildman–Crippen MR) is 114 cm³/mol. The Balaban J connectivity index is 2.44. The van der Waals surface area contributed by atoms with Crippen LogP contribution < -0.4 is 5.32 Å². The molecule has 0 aliphatic heterocycles. The first-order valence-electron chi connectivity index (χ1n) is 9.45. The minimum atomic E-state index is -0.590. The third-order valence-corrected chi connectivity index (χ3v) is 5.41. The lowest BCUT2D eigenvalue weighted by molar-refractivity contribution is 0.0378. The van der Waals surface area contributed by atoms with Gasteiger partial charge in [-0.3, -0.25) is 4.79 Å². The second kappa shape index (κ2) is 9.22. The Morgan fingerprint density at radius 2 is 1.48 bits per heavy atom. The molecule has 7 heteroatoms. The summed E-state index contributed by atoms with van der Waals surface area (Å²) in [6.45, 7) is 12.5. The molecule has 29 heavy (non-hydrogen) atoms. The summed E-state index contributed by atoms with van der Waals surface area (Å²) in [4.78, 5) is 38.1. The van der Waals surface area contributed by atoms with E-state index in [4.69, 9.17) is 9.47 Å². The van der Waals surface area contributed by atoms with Crippen LogP contribution in [0.2, 0.25) is 0 Å². The molecule has 2 aromatic rings. The van der Waals surface area contributed by atoms with Gasteiger partial charge in [0.1, 0.15) is 9.88 Å². The fraction of sp³-hybridized carbons (Fsp3) is 0.409. The maximum absolute atomic E-state index is 12.8. The van der Waals surface area contributed by atoms with Crippen molar-refractivity contribution in [1.29, 1.82) is 0 Å². The maximum atomic E-state index is 12.8. The Morgan fingerprint density at radius 1 is 0.897 bits per heavy atom. The number of thiophene rings is 1. The third kappa shape index (κ3) is 5.44. The van der Waals surface area contributed by atoms with Crippen LogP contribution in [0.5, 0.6) is 0 Å². The standard InChI is InChI=1S/C22H27NO5S/c1-11(2)27-21(25)17-15(7)18(22(26)28-12(3)4)29-20(17)23-19(24)16-9-8-13(5)14(6)10-16/h8-12H,1-7H3,(H,23,24). The second-order valence-electron chi connectivity index (χ2n) is 7.42. The zero-order valence-electron chi connectivity index (χ0n) is 17.8. The molecule has 1 amide bonds. The van der Waals surface area contributed by atoms with Crippen LogP contribution in [-0.2, 0) is 9.47 Å². The smallest absolute Gasteiger partial charge is 0.348 e. The first-order valence-corrected chi connectivity index (χ1v) is 10.3. The van der Waals surface area contributed by atoms with Crippen molar-refractivity contribution in [2.45, 2.75) is 60.7 Å². The molecule has 0 atom stereocenters. The number of amides is 1. The lowest BCUT2D eigenvalue weighted by Gasteiger charge is -2.11. The molecule has 1 aromatic carbocycles. The number of hydrogen-bond donors (Lipinski definition) is 1. The van der Waals surface area contributed by atoms with Gasteiger partial charge in [-0.2, -0.15) is 0 Å². The molecule has 0 fully saturated rings. The number of hydrogen-bond acceptors (Lipinski definition) is 6. The topological polar surface area (TPSA) is 81.7 Å². The van der Waals surface area contributed by atoms with E-state index in [1.807, 2.05) is 19.9 Å². The molecule has 0 bridgehead atoms. The number of rotatable bonds is 6. The molecule has 0 saturated carbocycles. The highest BCUT2D eigenvalue weighted by atomic mass is 32.1. The van der Waals surface area contributed by atoms with Crippen LogP contribution in [-0.4, -0.2) is 30.1 Å². The number of anilines is 1. The van der Waals surface area contributed by atoms with Gasteiger partial charge in [-0.05, 0) is 77.3 Å². The Morgan fingerprint density at radius 3 is 2.03 bits per heavy atom. The number of ether oxygens (including phenoxy) is 2. The van der Waals surface area contributed by atoms with Crippen LogP contribution in [0.3, 0.4) is 0 Å². The fourth-order valence-electron chi connectivity index (χ4n) is 2.64.